The first-order valence-corrected chi connectivity index (χ1v) is 17.5. The van der Waals surface area contributed by atoms with Crippen molar-refractivity contribution in [1.82, 2.24) is 13.5 Å². The molecule has 0 radical (unpaired) electrons. The van der Waals surface area contributed by atoms with E-state index < -0.39 is 20.0 Å². The third kappa shape index (κ3) is 9.12. The molecule has 0 aromatic heterocycles. The van der Waals surface area contributed by atoms with Crippen LogP contribution in [0.3, 0.4) is 0 Å². The van der Waals surface area contributed by atoms with E-state index in [0.717, 1.165) is 43.6 Å². The van der Waals surface area contributed by atoms with Crippen molar-refractivity contribution in [3.63, 3.8) is 0 Å². The monoisotopic (exact) mass is 623 g/mol. The number of aryl methyl sites for hydroxylation is 2. The first-order chi connectivity index (χ1) is 19.1. The molecule has 4 rings (SSSR count). The zero-order valence-corrected chi connectivity index (χ0v) is 27.0. The summed E-state index contributed by atoms with van der Waals surface area (Å²) in [6.45, 7) is 11.5. The van der Waals surface area contributed by atoms with Crippen molar-refractivity contribution < 1.29 is 16.8 Å². The summed E-state index contributed by atoms with van der Waals surface area (Å²) in [6, 6.07) is 13.8. The summed E-state index contributed by atoms with van der Waals surface area (Å²) in [4.78, 5) is 2.93. The average molecular weight is 624 g/mol. The molecule has 1 saturated carbocycles. The van der Waals surface area contributed by atoms with Crippen molar-refractivity contribution >= 4 is 32.5 Å². The van der Waals surface area contributed by atoms with E-state index in [-0.39, 0.29) is 35.3 Å². The quantitative estimate of drug-likeness (QED) is 0.389. The molecule has 1 aliphatic carbocycles. The number of nitrogens with zero attached hydrogens (tertiary/aromatic N) is 3. The van der Waals surface area contributed by atoms with E-state index in [0.29, 0.717) is 24.6 Å². The fraction of sp³-hybridized carbons (Fsp3) is 0.548. The van der Waals surface area contributed by atoms with Crippen LogP contribution in [0.15, 0.2) is 70.5 Å². The van der Waals surface area contributed by atoms with Gasteiger partial charge in [0, 0.05) is 32.7 Å². The van der Waals surface area contributed by atoms with Crippen LogP contribution >= 0.6 is 12.4 Å². The van der Waals surface area contributed by atoms with Crippen LogP contribution in [0.4, 0.5) is 0 Å². The van der Waals surface area contributed by atoms with Crippen molar-refractivity contribution in [2.75, 3.05) is 45.8 Å². The lowest BCUT2D eigenvalue weighted by molar-refractivity contribution is 0.188. The van der Waals surface area contributed by atoms with Gasteiger partial charge in [0.25, 0.3) is 0 Å². The molecule has 1 heterocycles. The molecule has 0 spiro atoms. The summed E-state index contributed by atoms with van der Waals surface area (Å²) < 4.78 is 57.9. The zero-order chi connectivity index (χ0) is 28.8. The standard InChI is InChI=1S/C31H45N3O4S2.ClH/c1-26-11-15-30(16-12-26)39(35,36)33-21-7-19-32(25-29-9-5-4-6-10-29)20-8-22-34(24-28(3)23-33)40(37,38)31-17-13-27(2)14-18-31;/h11-18,29H,3-10,19-25H2,1-2H3;1H. The summed E-state index contributed by atoms with van der Waals surface area (Å²) >= 11 is 0. The molecule has 7 nitrogen and oxygen atoms in total. The van der Waals surface area contributed by atoms with Crippen molar-refractivity contribution in [1.29, 1.82) is 0 Å². The van der Waals surface area contributed by atoms with Gasteiger partial charge in [-0.05, 0) is 88.4 Å². The van der Waals surface area contributed by atoms with Gasteiger partial charge in [0.2, 0.25) is 20.0 Å². The predicted molar refractivity (Wildman–Crippen MR) is 169 cm³/mol. The van der Waals surface area contributed by atoms with Crippen LogP contribution in [-0.4, -0.2) is 76.2 Å². The fourth-order valence-electron chi connectivity index (χ4n) is 5.81. The van der Waals surface area contributed by atoms with Crippen LogP contribution in [0.1, 0.15) is 56.1 Å². The minimum absolute atomic E-state index is 0. The second-order valence-electron chi connectivity index (χ2n) is 11.6. The Hall–Kier alpha value is -1.75. The Balaban J connectivity index is 0.00000462. The van der Waals surface area contributed by atoms with Crippen molar-refractivity contribution in [2.45, 2.75) is 68.6 Å². The number of benzene rings is 2. The second-order valence-corrected chi connectivity index (χ2v) is 15.4. The van der Waals surface area contributed by atoms with Crippen LogP contribution in [0, 0.1) is 19.8 Å². The molecule has 2 aromatic carbocycles. The normalized spacial score (nSPS) is 20.1. The first kappa shape index (κ1) is 33.7. The lowest BCUT2D eigenvalue weighted by Gasteiger charge is -2.33. The highest BCUT2D eigenvalue weighted by atomic mass is 35.5. The van der Waals surface area contributed by atoms with Crippen LogP contribution in [0.25, 0.3) is 0 Å². The predicted octanol–water partition coefficient (Wildman–Crippen LogP) is 5.64. The van der Waals surface area contributed by atoms with Crippen LogP contribution in [0.5, 0.6) is 0 Å². The lowest BCUT2D eigenvalue weighted by atomic mass is 9.89. The first-order valence-electron chi connectivity index (χ1n) is 14.6. The topological polar surface area (TPSA) is 78.0 Å². The van der Waals surface area contributed by atoms with Gasteiger partial charge in [-0.15, -0.1) is 12.4 Å². The highest BCUT2D eigenvalue weighted by Crippen LogP contribution is 2.26. The largest absolute Gasteiger partial charge is 0.303 e. The van der Waals surface area contributed by atoms with E-state index in [9.17, 15) is 16.8 Å². The summed E-state index contributed by atoms with van der Waals surface area (Å²) in [5.41, 5.74) is 2.55. The summed E-state index contributed by atoms with van der Waals surface area (Å²) in [5.74, 6) is 0.654. The molecule has 0 bridgehead atoms. The van der Waals surface area contributed by atoms with E-state index in [2.05, 4.69) is 11.5 Å². The number of sulfonamides is 2. The molecule has 1 aliphatic heterocycles. The molecule has 2 aromatic rings. The van der Waals surface area contributed by atoms with Crippen molar-refractivity contribution in [3.8, 4) is 0 Å². The van der Waals surface area contributed by atoms with Crippen LogP contribution in [0.2, 0.25) is 0 Å². The molecule has 0 unspecified atom stereocenters. The van der Waals surface area contributed by atoms with E-state index in [1.807, 2.05) is 13.8 Å². The van der Waals surface area contributed by atoms with Gasteiger partial charge in [-0.25, -0.2) is 16.8 Å². The average Bonchev–Trinajstić information content (AvgIpc) is 2.92. The van der Waals surface area contributed by atoms with Crippen molar-refractivity contribution in [2.24, 2.45) is 5.92 Å². The van der Waals surface area contributed by atoms with Gasteiger partial charge in [-0.1, -0.05) is 61.2 Å². The zero-order valence-electron chi connectivity index (χ0n) is 24.5. The number of hydrogen-bond acceptors (Lipinski definition) is 5. The van der Waals surface area contributed by atoms with Crippen LogP contribution < -0.4 is 0 Å². The Morgan fingerprint density at radius 1 is 0.659 bits per heavy atom. The van der Waals surface area contributed by atoms with E-state index in [1.54, 1.807) is 48.5 Å². The molecule has 2 fully saturated rings. The second kappa shape index (κ2) is 15.1. The minimum Gasteiger partial charge on any atom is -0.303 e. The van der Waals surface area contributed by atoms with Gasteiger partial charge in [-0.3, -0.25) is 0 Å². The van der Waals surface area contributed by atoms with E-state index in [4.69, 9.17) is 0 Å². The fourth-order valence-corrected chi connectivity index (χ4v) is 8.81. The van der Waals surface area contributed by atoms with Gasteiger partial charge in [0.15, 0.2) is 0 Å². The summed E-state index contributed by atoms with van der Waals surface area (Å²) in [7, 11) is -7.54. The Labute approximate surface area is 254 Å². The molecular weight excluding hydrogens is 578 g/mol. The summed E-state index contributed by atoms with van der Waals surface area (Å²) in [5, 5.41) is 0. The Morgan fingerprint density at radius 3 is 1.49 bits per heavy atom. The molecule has 1 saturated heterocycles. The molecule has 2 aliphatic rings. The summed E-state index contributed by atoms with van der Waals surface area (Å²) in [6.07, 6.45) is 7.75. The maximum atomic E-state index is 13.7. The maximum Gasteiger partial charge on any atom is 0.243 e. The molecule has 0 N–H and O–H groups in total. The molecular formula is C31H46ClN3O4S2. The molecule has 41 heavy (non-hydrogen) atoms. The number of halogens is 1. The Morgan fingerprint density at radius 2 is 1.07 bits per heavy atom. The number of rotatable bonds is 6. The number of hydrogen-bond donors (Lipinski definition) is 0. The minimum atomic E-state index is -3.77. The molecule has 10 heteroatoms. The lowest BCUT2D eigenvalue weighted by Crippen LogP contribution is -2.42. The molecule has 0 atom stereocenters. The SMILES string of the molecule is C=C1CN(S(=O)(=O)c2ccc(C)cc2)CCCN(CC2CCCCC2)CCCN(S(=O)(=O)c2ccc(C)cc2)C1.Cl. The van der Waals surface area contributed by atoms with E-state index >= 15 is 0 Å². The van der Waals surface area contributed by atoms with Gasteiger partial charge in [-0.2, -0.15) is 8.61 Å². The maximum absolute atomic E-state index is 13.7. The Kier molecular flexibility index (Phi) is 12.4. The van der Waals surface area contributed by atoms with E-state index in [1.165, 1.54) is 40.7 Å². The smallest absolute Gasteiger partial charge is 0.243 e. The van der Waals surface area contributed by atoms with Gasteiger partial charge in [0.1, 0.15) is 0 Å². The van der Waals surface area contributed by atoms with Gasteiger partial charge >= 0.3 is 0 Å². The Bertz CT molecular complexity index is 1250. The highest BCUT2D eigenvalue weighted by molar-refractivity contribution is 7.89. The third-order valence-electron chi connectivity index (χ3n) is 8.12. The third-order valence-corrected chi connectivity index (χ3v) is 11.8. The van der Waals surface area contributed by atoms with Gasteiger partial charge < -0.3 is 4.90 Å². The van der Waals surface area contributed by atoms with Crippen LogP contribution in [-0.2, 0) is 20.0 Å². The van der Waals surface area contributed by atoms with Gasteiger partial charge in [0.05, 0.1) is 9.79 Å². The molecule has 0 amide bonds. The highest BCUT2D eigenvalue weighted by Gasteiger charge is 2.30. The van der Waals surface area contributed by atoms with Crippen molar-refractivity contribution in [3.05, 3.63) is 71.8 Å². The molecule has 228 valence electrons.